The Labute approximate surface area is 204 Å². The minimum absolute atomic E-state index is 0.00269. The minimum Gasteiger partial charge on any atom is -0.438 e. The van der Waals surface area contributed by atoms with Crippen molar-refractivity contribution in [3.05, 3.63) is 107 Å². The molecule has 0 unspecified atom stereocenters. The third-order valence-electron chi connectivity index (χ3n) is 5.70. The third-order valence-corrected chi connectivity index (χ3v) is 7.39. The van der Waals surface area contributed by atoms with Crippen LogP contribution < -0.4 is 10.3 Å². The van der Waals surface area contributed by atoms with Crippen LogP contribution in [0.3, 0.4) is 0 Å². The number of ether oxygens (including phenoxy) is 1. The van der Waals surface area contributed by atoms with E-state index in [1.165, 1.54) is 72.5 Å². The predicted molar refractivity (Wildman–Crippen MR) is 131 cm³/mol. The molecule has 3 aromatic heterocycles. The summed E-state index contributed by atoms with van der Waals surface area (Å²) in [5.74, 6) is -0.856. The predicted octanol–water partition coefficient (Wildman–Crippen LogP) is 5.02. The smallest absolute Gasteiger partial charge is 0.275 e. The lowest BCUT2D eigenvalue weighted by molar-refractivity contribution is 0.460. The molecule has 0 radical (unpaired) electrons. The van der Waals surface area contributed by atoms with E-state index >= 15 is 0 Å². The molecule has 0 saturated carbocycles. The largest absolute Gasteiger partial charge is 0.438 e. The average molecular weight is 508 g/mol. The molecule has 0 bridgehead atoms. The summed E-state index contributed by atoms with van der Waals surface area (Å²) in [5.41, 5.74) is 0.739. The van der Waals surface area contributed by atoms with Gasteiger partial charge < -0.3 is 9.30 Å². The first-order valence-corrected chi connectivity index (χ1v) is 12.2. The Morgan fingerprint density at radius 1 is 0.917 bits per heavy atom. The van der Waals surface area contributed by atoms with Gasteiger partial charge in [0.1, 0.15) is 22.9 Å². The molecule has 0 aliphatic heterocycles. The minimum atomic E-state index is -4.10. The summed E-state index contributed by atoms with van der Waals surface area (Å²) in [5, 5.41) is 0.269. The van der Waals surface area contributed by atoms with E-state index in [1.807, 2.05) is 6.92 Å². The Kier molecular flexibility index (Phi) is 5.68. The Morgan fingerprint density at radius 3 is 2.31 bits per heavy atom. The summed E-state index contributed by atoms with van der Waals surface area (Å²) in [6.07, 6.45) is 3.72. The molecule has 0 aliphatic carbocycles. The highest BCUT2D eigenvalue weighted by Gasteiger charge is 2.24. The lowest BCUT2D eigenvalue weighted by Crippen LogP contribution is -2.22. The van der Waals surface area contributed by atoms with Gasteiger partial charge in [0.05, 0.1) is 11.1 Å². The highest BCUT2D eigenvalue weighted by Crippen LogP contribution is 2.36. The van der Waals surface area contributed by atoms with E-state index in [2.05, 4.69) is 4.98 Å². The van der Waals surface area contributed by atoms with Crippen LogP contribution in [-0.4, -0.2) is 21.9 Å². The van der Waals surface area contributed by atoms with Crippen LogP contribution in [0.2, 0.25) is 0 Å². The van der Waals surface area contributed by atoms with Crippen LogP contribution in [0, 0.1) is 18.6 Å². The maximum Gasteiger partial charge on any atom is 0.275 e. The molecule has 10 heteroatoms. The van der Waals surface area contributed by atoms with Crippen molar-refractivity contribution in [1.29, 1.82) is 0 Å². The van der Waals surface area contributed by atoms with Crippen LogP contribution in [0.4, 0.5) is 8.78 Å². The standard InChI is InChI=1S/C26H19F2N3O4S/c1-16-3-9-20(10-4-16)36(33,34)31-12-11-21-23(15-30(2)26(32)24(21)31)22-13-18(28)14-29-25(22)35-19-7-5-17(27)6-8-19/h3-15H,1-2H3. The third kappa shape index (κ3) is 4.05. The number of rotatable bonds is 5. The van der Waals surface area contributed by atoms with Gasteiger partial charge in [-0.2, -0.15) is 0 Å². The first-order chi connectivity index (χ1) is 17.1. The zero-order chi connectivity index (χ0) is 25.6. The second-order valence-corrected chi connectivity index (χ2v) is 10.0. The summed E-state index contributed by atoms with van der Waals surface area (Å²) < 4.78 is 62.4. The summed E-state index contributed by atoms with van der Waals surface area (Å²) in [7, 11) is -2.63. The van der Waals surface area contributed by atoms with Crippen LogP contribution in [0.25, 0.3) is 22.0 Å². The van der Waals surface area contributed by atoms with E-state index in [0.29, 0.717) is 5.56 Å². The number of fused-ring (bicyclic) bond motifs is 1. The number of aryl methyl sites for hydroxylation is 2. The van der Waals surface area contributed by atoms with Gasteiger partial charge in [0.2, 0.25) is 5.88 Å². The first-order valence-electron chi connectivity index (χ1n) is 10.8. The van der Waals surface area contributed by atoms with Gasteiger partial charge in [0, 0.05) is 36.0 Å². The SMILES string of the molecule is Cc1ccc(S(=O)(=O)n2ccc3c(-c4cc(F)cnc4Oc4ccc(F)cc4)cn(C)c(=O)c32)cc1. The summed E-state index contributed by atoms with van der Waals surface area (Å²) in [6, 6.07) is 14.1. The number of nitrogens with zero attached hydrogens (tertiary/aromatic N) is 3. The maximum absolute atomic E-state index is 14.3. The van der Waals surface area contributed by atoms with Crippen LogP contribution in [0.1, 0.15) is 5.56 Å². The highest BCUT2D eigenvalue weighted by molar-refractivity contribution is 7.90. The van der Waals surface area contributed by atoms with E-state index < -0.39 is 27.2 Å². The molecule has 0 atom stereocenters. The monoisotopic (exact) mass is 507 g/mol. The Bertz CT molecular complexity index is 1780. The van der Waals surface area contributed by atoms with E-state index in [4.69, 9.17) is 4.74 Å². The molecular weight excluding hydrogens is 488 g/mol. The lowest BCUT2D eigenvalue weighted by Gasteiger charge is -2.13. The van der Waals surface area contributed by atoms with Gasteiger partial charge in [-0.1, -0.05) is 17.7 Å². The normalized spacial score (nSPS) is 11.7. The molecule has 0 spiro atoms. The molecule has 0 N–H and O–H groups in total. The van der Waals surface area contributed by atoms with Gasteiger partial charge in [0.15, 0.2) is 0 Å². The number of benzene rings is 2. The highest BCUT2D eigenvalue weighted by atomic mass is 32.2. The second kappa shape index (κ2) is 8.72. The summed E-state index contributed by atoms with van der Waals surface area (Å²) in [4.78, 5) is 17.2. The molecule has 7 nitrogen and oxygen atoms in total. The van der Waals surface area contributed by atoms with Gasteiger partial charge in [-0.15, -0.1) is 0 Å². The van der Waals surface area contributed by atoms with Gasteiger partial charge in [-0.05, 0) is 55.5 Å². The van der Waals surface area contributed by atoms with Crippen LogP contribution in [-0.2, 0) is 17.1 Å². The van der Waals surface area contributed by atoms with Crippen molar-refractivity contribution in [3.8, 4) is 22.8 Å². The van der Waals surface area contributed by atoms with Gasteiger partial charge in [0.25, 0.3) is 15.6 Å². The molecule has 0 amide bonds. The van der Waals surface area contributed by atoms with Crippen molar-refractivity contribution in [1.82, 2.24) is 13.5 Å². The molecule has 36 heavy (non-hydrogen) atoms. The van der Waals surface area contributed by atoms with E-state index in [-0.39, 0.29) is 33.0 Å². The zero-order valence-corrected chi connectivity index (χ0v) is 20.0. The Balaban J connectivity index is 1.73. The second-order valence-electron chi connectivity index (χ2n) is 8.21. The molecule has 2 aromatic carbocycles. The van der Waals surface area contributed by atoms with E-state index in [0.717, 1.165) is 15.7 Å². The van der Waals surface area contributed by atoms with Crippen molar-refractivity contribution in [3.63, 3.8) is 0 Å². The molecule has 0 aliphatic rings. The number of hydrogen-bond donors (Lipinski definition) is 0. The molecule has 0 saturated heterocycles. The number of pyridine rings is 2. The molecular formula is C26H19F2N3O4S. The van der Waals surface area contributed by atoms with Crippen molar-refractivity contribution in [2.24, 2.45) is 7.05 Å². The van der Waals surface area contributed by atoms with Crippen LogP contribution >= 0.6 is 0 Å². The van der Waals surface area contributed by atoms with Crippen molar-refractivity contribution < 1.29 is 21.9 Å². The van der Waals surface area contributed by atoms with Gasteiger partial charge in [-0.3, -0.25) is 4.79 Å². The topological polar surface area (TPSA) is 83.2 Å². The number of hydrogen-bond acceptors (Lipinski definition) is 5. The van der Waals surface area contributed by atoms with Crippen LogP contribution in [0.15, 0.2) is 88.9 Å². The molecule has 5 rings (SSSR count). The maximum atomic E-state index is 14.3. The quantitative estimate of drug-likeness (QED) is 0.334. The zero-order valence-electron chi connectivity index (χ0n) is 19.1. The van der Waals surface area contributed by atoms with Crippen molar-refractivity contribution >= 4 is 20.9 Å². The van der Waals surface area contributed by atoms with E-state index in [1.54, 1.807) is 12.1 Å². The summed E-state index contributed by atoms with van der Waals surface area (Å²) >= 11 is 0. The first kappa shape index (κ1) is 23.4. The fourth-order valence-electron chi connectivity index (χ4n) is 3.88. The van der Waals surface area contributed by atoms with Crippen molar-refractivity contribution in [2.75, 3.05) is 0 Å². The van der Waals surface area contributed by atoms with Gasteiger partial charge in [-0.25, -0.2) is 26.2 Å². The molecule has 182 valence electrons. The number of halogens is 2. The average Bonchev–Trinajstić information content (AvgIpc) is 3.31. The van der Waals surface area contributed by atoms with Gasteiger partial charge >= 0.3 is 0 Å². The molecule has 5 aromatic rings. The molecule has 3 heterocycles. The lowest BCUT2D eigenvalue weighted by atomic mass is 10.1. The van der Waals surface area contributed by atoms with Crippen molar-refractivity contribution in [2.45, 2.75) is 11.8 Å². The Hall–Kier alpha value is -4.31. The Morgan fingerprint density at radius 2 is 1.61 bits per heavy atom. The molecule has 0 fully saturated rings. The fourth-order valence-corrected chi connectivity index (χ4v) is 5.23. The fraction of sp³-hybridized carbons (Fsp3) is 0.0769. The van der Waals surface area contributed by atoms with Crippen LogP contribution in [0.5, 0.6) is 11.6 Å². The number of aromatic nitrogens is 3. The summed E-state index contributed by atoms with van der Waals surface area (Å²) in [6.45, 7) is 1.84. The van der Waals surface area contributed by atoms with E-state index in [9.17, 15) is 22.0 Å².